The van der Waals surface area contributed by atoms with Gasteiger partial charge in [0.1, 0.15) is 22.3 Å². The first kappa shape index (κ1) is 22.5. The van der Waals surface area contributed by atoms with Crippen molar-refractivity contribution < 1.29 is 14.6 Å². The minimum absolute atomic E-state index is 0.0198. The number of nitrogen functional groups attached to an aromatic ring is 1. The summed E-state index contributed by atoms with van der Waals surface area (Å²) in [4.78, 5) is 28.2. The predicted molar refractivity (Wildman–Crippen MR) is 123 cm³/mol. The highest BCUT2D eigenvalue weighted by atomic mass is 35.5. The number of halogens is 1. The van der Waals surface area contributed by atoms with Gasteiger partial charge in [-0.2, -0.15) is 4.98 Å². The van der Waals surface area contributed by atoms with Crippen LogP contribution in [0.15, 0.2) is 17.8 Å². The maximum absolute atomic E-state index is 13.3. The molecule has 2 aromatic heterocycles. The lowest BCUT2D eigenvalue weighted by Gasteiger charge is -2.32. The van der Waals surface area contributed by atoms with Gasteiger partial charge >= 0.3 is 0 Å². The van der Waals surface area contributed by atoms with Crippen molar-refractivity contribution in [2.24, 2.45) is 5.92 Å². The van der Waals surface area contributed by atoms with Crippen LogP contribution < -0.4 is 15.4 Å². The van der Waals surface area contributed by atoms with E-state index >= 15 is 0 Å². The summed E-state index contributed by atoms with van der Waals surface area (Å²) in [6.45, 7) is 4.70. The van der Waals surface area contributed by atoms with Crippen LogP contribution in [0.1, 0.15) is 52.9 Å². The molecule has 3 heterocycles. The summed E-state index contributed by atoms with van der Waals surface area (Å²) < 4.78 is 5.55. The number of ether oxygens (including phenoxy) is 1. The number of aryl methyl sites for hydroxylation is 1. The van der Waals surface area contributed by atoms with Crippen LogP contribution in [0.25, 0.3) is 0 Å². The molecule has 0 bridgehead atoms. The first-order chi connectivity index (χ1) is 15.3. The summed E-state index contributed by atoms with van der Waals surface area (Å²) in [5, 5.41) is 9.87. The number of hydrogen-bond donors (Lipinski definition) is 2. The standard InChI is InChI=1S/C23H28ClN5O3/c1-12-9-26-17(13(2)20(12)32-3)11-29-10-15(8-14-4-6-16(30)7-5-14)19(31)18-21(24)27-23(25)28-22(18)29/h8-9,14,16,30H,4-7,10-11H2,1-3H3,(H2,25,27,28). The van der Waals surface area contributed by atoms with Crippen molar-refractivity contribution in [2.75, 3.05) is 24.3 Å². The molecular weight excluding hydrogens is 430 g/mol. The molecule has 3 N–H and O–H groups in total. The van der Waals surface area contributed by atoms with E-state index in [0.29, 0.717) is 24.5 Å². The van der Waals surface area contributed by atoms with E-state index in [1.807, 2.05) is 24.8 Å². The number of aliphatic hydroxyl groups is 1. The molecule has 1 saturated carbocycles. The fraction of sp³-hybridized carbons (Fsp3) is 0.478. The molecule has 0 unspecified atom stereocenters. The average Bonchev–Trinajstić information content (AvgIpc) is 2.74. The van der Waals surface area contributed by atoms with Gasteiger partial charge < -0.3 is 20.5 Å². The van der Waals surface area contributed by atoms with Crippen LogP contribution >= 0.6 is 11.6 Å². The van der Waals surface area contributed by atoms with Crippen molar-refractivity contribution in [2.45, 2.75) is 52.2 Å². The van der Waals surface area contributed by atoms with Crippen LogP contribution in [0.3, 0.4) is 0 Å². The second-order valence-electron chi connectivity index (χ2n) is 8.56. The average molecular weight is 458 g/mol. The van der Waals surface area contributed by atoms with Crippen LogP contribution in [-0.2, 0) is 6.54 Å². The fourth-order valence-electron chi connectivity index (χ4n) is 4.60. The van der Waals surface area contributed by atoms with E-state index in [9.17, 15) is 9.90 Å². The van der Waals surface area contributed by atoms with Gasteiger partial charge in [0.05, 0.1) is 25.5 Å². The van der Waals surface area contributed by atoms with Crippen molar-refractivity contribution in [1.82, 2.24) is 15.0 Å². The number of nitrogens with zero attached hydrogens (tertiary/aromatic N) is 4. The lowest BCUT2D eigenvalue weighted by atomic mass is 9.84. The lowest BCUT2D eigenvalue weighted by molar-refractivity contribution is 0.102. The Kier molecular flexibility index (Phi) is 6.35. The quantitative estimate of drug-likeness (QED) is 0.530. The topological polar surface area (TPSA) is 114 Å². The Labute approximate surface area is 192 Å². The van der Waals surface area contributed by atoms with Crippen LogP contribution in [0.4, 0.5) is 11.8 Å². The maximum atomic E-state index is 13.3. The molecule has 1 aliphatic heterocycles. The minimum Gasteiger partial charge on any atom is -0.496 e. The third-order valence-electron chi connectivity index (χ3n) is 6.31. The Hall–Kier alpha value is -2.71. The zero-order valence-corrected chi connectivity index (χ0v) is 19.3. The van der Waals surface area contributed by atoms with Gasteiger partial charge in [-0.15, -0.1) is 0 Å². The lowest BCUT2D eigenvalue weighted by Crippen LogP contribution is -2.36. The molecule has 0 radical (unpaired) electrons. The number of rotatable bonds is 4. The molecule has 0 spiro atoms. The van der Waals surface area contributed by atoms with Gasteiger partial charge in [0.15, 0.2) is 5.78 Å². The SMILES string of the molecule is COc1c(C)cnc(CN2CC(=CC3CCC(O)CC3)C(=O)c3c(Cl)nc(N)nc32)c1C. The Morgan fingerprint density at radius 2 is 2.00 bits per heavy atom. The van der Waals surface area contributed by atoms with Crippen LogP contribution in [0, 0.1) is 19.8 Å². The number of methoxy groups -OCH3 is 1. The highest BCUT2D eigenvalue weighted by molar-refractivity contribution is 6.35. The molecule has 1 fully saturated rings. The molecule has 9 heteroatoms. The zero-order chi connectivity index (χ0) is 23.0. The predicted octanol–water partition coefficient (Wildman–Crippen LogP) is 3.41. The number of nitrogens with two attached hydrogens (primary N) is 1. The van der Waals surface area contributed by atoms with Gasteiger partial charge in [0.25, 0.3) is 0 Å². The van der Waals surface area contributed by atoms with Gasteiger partial charge in [-0.1, -0.05) is 17.7 Å². The summed E-state index contributed by atoms with van der Waals surface area (Å²) in [5.41, 5.74) is 9.50. The Balaban J connectivity index is 1.73. The van der Waals surface area contributed by atoms with Crippen LogP contribution in [0.2, 0.25) is 5.15 Å². The van der Waals surface area contributed by atoms with E-state index in [1.54, 1.807) is 13.3 Å². The van der Waals surface area contributed by atoms with Gasteiger partial charge in [0, 0.05) is 29.4 Å². The second-order valence-corrected chi connectivity index (χ2v) is 8.92. The number of allylic oxidation sites excluding steroid dienone is 1. The summed E-state index contributed by atoms with van der Waals surface area (Å²) in [6, 6.07) is 0. The maximum Gasteiger partial charge on any atom is 0.223 e. The van der Waals surface area contributed by atoms with Gasteiger partial charge in [-0.25, -0.2) is 4.98 Å². The normalized spacial score (nSPS) is 22.2. The van der Waals surface area contributed by atoms with E-state index in [0.717, 1.165) is 48.3 Å². The van der Waals surface area contributed by atoms with Crippen molar-refractivity contribution in [3.63, 3.8) is 0 Å². The third-order valence-corrected chi connectivity index (χ3v) is 6.58. The molecule has 170 valence electrons. The summed E-state index contributed by atoms with van der Waals surface area (Å²) in [7, 11) is 1.64. The number of ketones is 1. The highest BCUT2D eigenvalue weighted by Crippen LogP contribution is 2.36. The second kappa shape index (κ2) is 9.03. The molecule has 4 rings (SSSR count). The molecule has 0 aromatic carbocycles. The molecule has 0 atom stereocenters. The molecule has 1 aliphatic carbocycles. The van der Waals surface area contributed by atoms with Crippen LogP contribution in [-0.4, -0.2) is 45.6 Å². The van der Waals surface area contributed by atoms with E-state index in [4.69, 9.17) is 22.1 Å². The monoisotopic (exact) mass is 457 g/mol. The molecule has 2 aliphatic rings. The van der Waals surface area contributed by atoms with E-state index in [1.165, 1.54) is 0 Å². The largest absolute Gasteiger partial charge is 0.496 e. The molecule has 0 amide bonds. The number of carbonyl (C=O) groups is 1. The summed E-state index contributed by atoms with van der Waals surface area (Å²) in [5.74, 6) is 1.31. The number of aliphatic hydroxyl groups excluding tert-OH is 1. The van der Waals surface area contributed by atoms with Crippen molar-refractivity contribution >= 4 is 29.2 Å². The number of hydrogen-bond acceptors (Lipinski definition) is 8. The Bertz CT molecular complexity index is 1080. The fourth-order valence-corrected chi connectivity index (χ4v) is 4.86. The molecule has 0 saturated heterocycles. The van der Waals surface area contributed by atoms with E-state index in [-0.39, 0.29) is 34.5 Å². The first-order valence-electron chi connectivity index (χ1n) is 10.8. The number of carbonyl (C=O) groups excluding carboxylic acids is 1. The summed E-state index contributed by atoms with van der Waals surface area (Å²) in [6.07, 6.45) is 6.76. The Morgan fingerprint density at radius 3 is 2.69 bits per heavy atom. The van der Waals surface area contributed by atoms with Crippen molar-refractivity contribution in [3.8, 4) is 5.75 Å². The number of aromatic nitrogens is 3. The third kappa shape index (κ3) is 4.29. The molecular formula is C23H28ClN5O3. The number of pyridine rings is 1. The van der Waals surface area contributed by atoms with E-state index < -0.39 is 0 Å². The van der Waals surface area contributed by atoms with Gasteiger partial charge in [-0.05, 0) is 45.4 Å². The van der Waals surface area contributed by atoms with Crippen LogP contribution in [0.5, 0.6) is 5.75 Å². The molecule has 2 aromatic rings. The van der Waals surface area contributed by atoms with Crippen molar-refractivity contribution in [1.29, 1.82) is 0 Å². The highest BCUT2D eigenvalue weighted by Gasteiger charge is 2.33. The Morgan fingerprint density at radius 1 is 1.28 bits per heavy atom. The van der Waals surface area contributed by atoms with E-state index in [2.05, 4.69) is 15.0 Å². The summed E-state index contributed by atoms with van der Waals surface area (Å²) >= 11 is 6.36. The zero-order valence-electron chi connectivity index (χ0n) is 18.6. The number of anilines is 2. The number of fused-ring (bicyclic) bond motifs is 1. The molecule has 32 heavy (non-hydrogen) atoms. The van der Waals surface area contributed by atoms with Gasteiger partial charge in [-0.3, -0.25) is 9.78 Å². The minimum atomic E-state index is -0.250. The number of Topliss-reactive ketones (excluding diaryl/α,β-unsaturated/α-hetero) is 1. The smallest absolute Gasteiger partial charge is 0.223 e. The van der Waals surface area contributed by atoms with Crippen molar-refractivity contribution in [3.05, 3.63) is 45.4 Å². The molecule has 8 nitrogen and oxygen atoms in total. The van der Waals surface area contributed by atoms with Gasteiger partial charge in [0.2, 0.25) is 5.95 Å². The first-order valence-corrected chi connectivity index (χ1v) is 11.2.